The normalized spacial score (nSPS) is 22.9. The molecule has 1 N–H and O–H groups in total. The van der Waals surface area contributed by atoms with Gasteiger partial charge in [0.25, 0.3) is 0 Å². The Balaban J connectivity index is 1.89. The smallest absolute Gasteiger partial charge is 0.247 e. The number of piperidine rings is 1. The standard InChI is InChI=1S/C19H28N2O6S/c1-20-9-6-14-15(11-20)16(25-2)17-18(27-12-26-17)19(14)28(23,24)21-8-4-3-5-13(21)7-10-22/h13,22H,3-12H2,1-2H3/t13-/m0/s1. The Morgan fingerprint density at radius 2 is 1.96 bits per heavy atom. The fourth-order valence-electron chi connectivity index (χ4n) is 4.58. The van der Waals surface area contributed by atoms with E-state index < -0.39 is 10.0 Å². The number of rotatable bonds is 5. The van der Waals surface area contributed by atoms with Crippen molar-refractivity contribution in [3.63, 3.8) is 0 Å². The topological polar surface area (TPSA) is 88.5 Å². The van der Waals surface area contributed by atoms with Crippen LogP contribution in [0.3, 0.4) is 0 Å². The lowest BCUT2D eigenvalue weighted by molar-refractivity contribution is 0.168. The van der Waals surface area contributed by atoms with E-state index in [-0.39, 0.29) is 30.1 Å². The van der Waals surface area contributed by atoms with E-state index in [9.17, 15) is 13.5 Å². The molecule has 3 heterocycles. The number of likely N-dealkylation sites (N-methyl/N-ethyl adjacent to an activating group) is 1. The van der Waals surface area contributed by atoms with Crippen LogP contribution in [0, 0.1) is 0 Å². The third-order valence-corrected chi connectivity index (χ3v) is 7.96. The minimum Gasteiger partial charge on any atom is -0.492 e. The van der Waals surface area contributed by atoms with Crippen molar-refractivity contribution in [1.29, 1.82) is 0 Å². The number of nitrogens with zero attached hydrogens (tertiary/aromatic N) is 2. The summed E-state index contributed by atoms with van der Waals surface area (Å²) in [7, 11) is -0.225. The summed E-state index contributed by atoms with van der Waals surface area (Å²) in [6.07, 6.45) is 3.61. The quantitative estimate of drug-likeness (QED) is 0.781. The predicted molar refractivity (Wildman–Crippen MR) is 102 cm³/mol. The molecule has 9 heteroatoms. The molecular weight excluding hydrogens is 384 g/mol. The molecule has 3 aliphatic rings. The van der Waals surface area contributed by atoms with Crippen LogP contribution in [0.2, 0.25) is 0 Å². The number of hydrogen-bond acceptors (Lipinski definition) is 7. The van der Waals surface area contributed by atoms with Gasteiger partial charge in [-0.15, -0.1) is 0 Å². The minimum atomic E-state index is -3.80. The molecule has 156 valence electrons. The van der Waals surface area contributed by atoms with Gasteiger partial charge in [0.1, 0.15) is 4.90 Å². The second kappa shape index (κ2) is 7.70. The van der Waals surface area contributed by atoms with Crippen molar-refractivity contribution in [2.45, 2.75) is 49.6 Å². The first kappa shape index (κ1) is 19.8. The Morgan fingerprint density at radius 3 is 2.71 bits per heavy atom. The van der Waals surface area contributed by atoms with Gasteiger partial charge in [-0.1, -0.05) is 6.42 Å². The molecule has 1 saturated heterocycles. The largest absolute Gasteiger partial charge is 0.492 e. The van der Waals surface area contributed by atoms with Crippen LogP contribution in [-0.4, -0.2) is 69.4 Å². The first-order valence-electron chi connectivity index (χ1n) is 9.81. The highest BCUT2D eigenvalue weighted by molar-refractivity contribution is 7.89. The zero-order valence-electron chi connectivity index (χ0n) is 16.4. The average Bonchev–Trinajstić information content (AvgIpc) is 3.15. The van der Waals surface area contributed by atoms with Gasteiger partial charge in [0.05, 0.1) is 7.11 Å². The van der Waals surface area contributed by atoms with E-state index >= 15 is 0 Å². The van der Waals surface area contributed by atoms with Gasteiger partial charge in [0.15, 0.2) is 11.5 Å². The van der Waals surface area contributed by atoms with Gasteiger partial charge in [0.2, 0.25) is 22.6 Å². The van der Waals surface area contributed by atoms with Crippen LogP contribution in [0.5, 0.6) is 17.2 Å². The third-order valence-electron chi connectivity index (χ3n) is 5.92. The van der Waals surface area contributed by atoms with E-state index in [2.05, 4.69) is 4.90 Å². The Morgan fingerprint density at radius 1 is 1.18 bits per heavy atom. The van der Waals surface area contributed by atoms with Crippen molar-refractivity contribution in [3.8, 4) is 17.2 Å². The second-order valence-corrected chi connectivity index (χ2v) is 9.48. The SMILES string of the molecule is COc1c2c(c(S(=O)(=O)N3CCCC[C@H]3CCO)c3c1OCO3)CCN(C)C2. The first-order chi connectivity index (χ1) is 13.5. The highest BCUT2D eigenvalue weighted by Crippen LogP contribution is 2.52. The first-order valence-corrected chi connectivity index (χ1v) is 11.3. The third kappa shape index (κ3) is 3.14. The zero-order chi connectivity index (χ0) is 19.9. The van der Waals surface area contributed by atoms with Crippen LogP contribution in [0.1, 0.15) is 36.8 Å². The number of sulfonamides is 1. The summed E-state index contributed by atoms with van der Waals surface area (Å²) in [4.78, 5) is 2.37. The van der Waals surface area contributed by atoms with Gasteiger partial charge in [-0.05, 0) is 38.3 Å². The number of ether oxygens (including phenoxy) is 3. The second-order valence-electron chi connectivity index (χ2n) is 7.65. The average molecular weight is 413 g/mol. The molecule has 1 aromatic carbocycles. The molecule has 3 aliphatic heterocycles. The van der Waals surface area contributed by atoms with Gasteiger partial charge in [0, 0.05) is 37.8 Å². The molecule has 8 nitrogen and oxygen atoms in total. The molecule has 0 radical (unpaired) electrons. The predicted octanol–water partition coefficient (Wildman–Crippen LogP) is 1.34. The summed E-state index contributed by atoms with van der Waals surface area (Å²) in [5.41, 5.74) is 1.63. The lowest BCUT2D eigenvalue weighted by atomic mass is 9.97. The molecule has 0 amide bonds. The molecular formula is C19H28N2O6S. The van der Waals surface area contributed by atoms with Crippen LogP contribution in [0.25, 0.3) is 0 Å². The van der Waals surface area contributed by atoms with E-state index in [1.54, 1.807) is 11.4 Å². The number of hydrogen-bond donors (Lipinski definition) is 1. The molecule has 4 rings (SSSR count). The van der Waals surface area contributed by atoms with Crippen molar-refractivity contribution in [1.82, 2.24) is 9.21 Å². The molecule has 0 unspecified atom stereocenters. The van der Waals surface area contributed by atoms with Crippen LogP contribution < -0.4 is 14.2 Å². The molecule has 0 aliphatic carbocycles. The van der Waals surface area contributed by atoms with E-state index in [0.29, 0.717) is 37.4 Å². The van der Waals surface area contributed by atoms with Crippen molar-refractivity contribution < 1.29 is 27.7 Å². The Kier molecular flexibility index (Phi) is 5.43. The lowest BCUT2D eigenvalue weighted by Crippen LogP contribution is -2.44. The van der Waals surface area contributed by atoms with E-state index in [1.807, 2.05) is 7.05 Å². The lowest BCUT2D eigenvalue weighted by Gasteiger charge is -2.36. The summed E-state index contributed by atoms with van der Waals surface area (Å²) < 4.78 is 46.1. The fraction of sp³-hybridized carbons (Fsp3) is 0.684. The monoisotopic (exact) mass is 412 g/mol. The van der Waals surface area contributed by atoms with Crippen molar-refractivity contribution in [2.24, 2.45) is 0 Å². The molecule has 28 heavy (non-hydrogen) atoms. The number of aliphatic hydroxyl groups is 1. The maximum absolute atomic E-state index is 13.8. The molecule has 1 fully saturated rings. The van der Waals surface area contributed by atoms with E-state index in [1.165, 1.54) is 0 Å². The van der Waals surface area contributed by atoms with Crippen molar-refractivity contribution in [3.05, 3.63) is 11.1 Å². The summed E-state index contributed by atoms with van der Waals surface area (Å²) >= 11 is 0. The highest BCUT2D eigenvalue weighted by Gasteiger charge is 2.42. The molecule has 0 saturated carbocycles. The van der Waals surface area contributed by atoms with Crippen LogP contribution >= 0.6 is 0 Å². The molecule has 0 spiro atoms. The summed E-state index contributed by atoms with van der Waals surface area (Å²) in [5.74, 6) is 1.22. The molecule has 1 aromatic rings. The summed E-state index contributed by atoms with van der Waals surface area (Å²) in [5, 5.41) is 9.43. The molecule has 1 atom stereocenters. The van der Waals surface area contributed by atoms with Gasteiger partial charge >= 0.3 is 0 Å². The van der Waals surface area contributed by atoms with Crippen LogP contribution in [0.15, 0.2) is 4.90 Å². The fourth-order valence-corrected chi connectivity index (χ4v) is 6.71. The molecule has 0 bridgehead atoms. The number of benzene rings is 1. The van der Waals surface area contributed by atoms with Crippen LogP contribution in [0.4, 0.5) is 0 Å². The summed E-state index contributed by atoms with van der Waals surface area (Å²) in [6.45, 7) is 1.77. The maximum atomic E-state index is 13.8. The number of aliphatic hydroxyl groups excluding tert-OH is 1. The summed E-state index contributed by atoms with van der Waals surface area (Å²) in [6, 6.07) is -0.189. The number of methoxy groups -OCH3 is 1. The molecule has 0 aromatic heterocycles. The van der Waals surface area contributed by atoms with Crippen LogP contribution in [-0.2, 0) is 23.0 Å². The van der Waals surface area contributed by atoms with E-state index in [4.69, 9.17) is 14.2 Å². The minimum absolute atomic E-state index is 0.0208. The highest BCUT2D eigenvalue weighted by atomic mass is 32.2. The zero-order valence-corrected chi connectivity index (χ0v) is 17.3. The van der Waals surface area contributed by atoms with Crippen molar-refractivity contribution >= 4 is 10.0 Å². The van der Waals surface area contributed by atoms with E-state index in [0.717, 1.165) is 36.9 Å². The maximum Gasteiger partial charge on any atom is 0.247 e. The Bertz CT molecular complexity index is 855. The Labute approximate surface area is 166 Å². The Hall–Kier alpha value is -1.55. The van der Waals surface area contributed by atoms with Gasteiger partial charge in [-0.2, -0.15) is 4.31 Å². The van der Waals surface area contributed by atoms with Crippen molar-refractivity contribution in [2.75, 3.05) is 40.6 Å². The number of fused-ring (bicyclic) bond motifs is 2. The van der Waals surface area contributed by atoms with Gasteiger partial charge in [-0.3, -0.25) is 0 Å². The van der Waals surface area contributed by atoms with Gasteiger partial charge in [-0.25, -0.2) is 8.42 Å². The van der Waals surface area contributed by atoms with Gasteiger partial charge < -0.3 is 24.2 Å².